The summed E-state index contributed by atoms with van der Waals surface area (Å²) in [5, 5.41) is 0. The Morgan fingerprint density at radius 2 is 1.77 bits per heavy atom. The van der Waals surface area contributed by atoms with E-state index in [1.54, 1.807) is 30.3 Å². The van der Waals surface area contributed by atoms with Crippen LogP contribution in [0.5, 0.6) is 11.5 Å². The van der Waals surface area contributed by atoms with Crippen LogP contribution in [0.3, 0.4) is 0 Å². The van der Waals surface area contributed by atoms with E-state index in [9.17, 15) is 13.2 Å². The molecule has 0 saturated carbocycles. The molecule has 0 saturated heterocycles. The minimum absolute atomic E-state index is 0.0506. The van der Waals surface area contributed by atoms with Crippen molar-refractivity contribution in [1.82, 2.24) is 0 Å². The van der Waals surface area contributed by atoms with Crippen molar-refractivity contribution >= 4 is 46.9 Å². The normalized spacial score (nSPS) is 11.1. The van der Waals surface area contributed by atoms with Gasteiger partial charge < -0.3 is 0 Å². The first-order chi connectivity index (χ1) is 10.3. The Hall–Kier alpha value is -1.38. The van der Waals surface area contributed by atoms with E-state index in [-0.39, 0.29) is 11.3 Å². The molecule has 0 amide bonds. The number of ether oxygens (including phenoxy) is 1. The number of carbonyl (C=O) groups is 1. The van der Waals surface area contributed by atoms with Gasteiger partial charge in [0.25, 0.3) is 0 Å². The molecule has 0 aromatic heterocycles. The second-order valence-corrected chi connectivity index (χ2v) is 6.62. The van der Waals surface area contributed by atoms with Crippen LogP contribution in [0.1, 0.15) is 15.9 Å². The number of benzene rings is 2. The molecule has 0 unspecified atom stereocenters. The zero-order valence-corrected chi connectivity index (χ0v) is 14.8. The molecular formula is C14H11NaO6S. The van der Waals surface area contributed by atoms with E-state index in [1.165, 1.54) is 19.2 Å². The fourth-order valence-corrected chi connectivity index (χ4v) is 3.00. The standard InChI is InChI=1S/C14H11O6S.Na/c1-19-11-7-8-12(13(9-11)20-21(16,17)18)14(15)10-5-3-2-4-6-10;/h2-6,8-9H,1H3,(H,16,17,18);. The molecule has 0 heterocycles. The van der Waals surface area contributed by atoms with Gasteiger partial charge in [0.15, 0.2) is 0 Å². The first-order valence-corrected chi connectivity index (χ1v) is 8.63. The van der Waals surface area contributed by atoms with Gasteiger partial charge in [-0.2, -0.15) is 0 Å². The zero-order chi connectivity index (χ0) is 16.3. The van der Waals surface area contributed by atoms with Crippen molar-refractivity contribution in [2.45, 2.75) is 0 Å². The van der Waals surface area contributed by atoms with Crippen LogP contribution in [0.25, 0.3) is 0 Å². The van der Waals surface area contributed by atoms with Crippen LogP contribution in [-0.4, -0.2) is 53.8 Å². The Balaban J connectivity index is 2.58. The van der Waals surface area contributed by atoms with Gasteiger partial charge in [-0.25, -0.2) is 0 Å². The van der Waals surface area contributed by atoms with Gasteiger partial charge in [-0.05, 0) is 0 Å². The summed E-state index contributed by atoms with van der Waals surface area (Å²) in [5.41, 5.74) is 0.434. The predicted octanol–water partition coefficient (Wildman–Crippen LogP) is 0.902. The number of ketones is 1. The van der Waals surface area contributed by atoms with Crippen molar-refractivity contribution < 1.29 is 26.7 Å². The molecule has 0 fully saturated rings. The summed E-state index contributed by atoms with van der Waals surface area (Å²) in [5.74, 6) is -0.276. The number of hydrogen-bond acceptors (Lipinski definition) is 5. The fraction of sp³-hybridized carbons (Fsp3) is 0.0714. The first-order valence-electron chi connectivity index (χ1n) is 6.27. The minimum atomic E-state index is -4.75. The van der Waals surface area contributed by atoms with E-state index in [2.05, 4.69) is 4.18 Å². The molecule has 6 nitrogen and oxygen atoms in total. The van der Waals surface area contributed by atoms with Crippen LogP contribution in [0.2, 0.25) is 0 Å². The van der Waals surface area contributed by atoms with Gasteiger partial charge in [-0.3, -0.25) is 0 Å². The van der Waals surface area contributed by atoms with Crippen LogP contribution in [0.4, 0.5) is 0 Å². The van der Waals surface area contributed by atoms with Crippen LogP contribution in [0, 0.1) is 0 Å². The fourth-order valence-electron chi connectivity index (χ4n) is 1.99. The van der Waals surface area contributed by atoms with Gasteiger partial charge in [0.2, 0.25) is 0 Å². The summed E-state index contributed by atoms with van der Waals surface area (Å²) < 4.78 is 41.3. The predicted molar refractivity (Wildman–Crippen MR) is 80.4 cm³/mol. The molecule has 0 spiro atoms. The third-order valence-electron chi connectivity index (χ3n) is 2.97. The number of hydrogen-bond donors (Lipinski definition) is 1. The molecule has 110 valence electrons. The van der Waals surface area contributed by atoms with E-state index in [0.29, 0.717) is 39.2 Å². The molecule has 0 radical (unpaired) electrons. The van der Waals surface area contributed by atoms with E-state index in [4.69, 9.17) is 9.29 Å². The number of carbonyl (C=O) groups excluding carboxylic acids is 1. The van der Waals surface area contributed by atoms with E-state index >= 15 is 0 Å². The van der Waals surface area contributed by atoms with Crippen molar-refractivity contribution in [3.05, 3.63) is 53.6 Å². The summed E-state index contributed by atoms with van der Waals surface area (Å²) in [6, 6.07) is 11.2. The maximum atomic E-state index is 12.5. The van der Waals surface area contributed by atoms with Crippen molar-refractivity contribution in [3.63, 3.8) is 0 Å². The molecule has 22 heavy (non-hydrogen) atoms. The van der Waals surface area contributed by atoms with E-state index in [0.717, 1.165) is 2.81 Å². The first kappa shape index (κ1) is 17.0. The van der Waals surface area contributed by atoms with Gasteiger partial charge in [-0.1, -0.05) is 0 Å². The molecule has 0 aliphatic carbocycles. The second-order valence-electron chi connectivity index (χ2n) is 4.52. The molecule has 0 aliphatic rings. The summed E-state index contributed by atoms with van der Waals surface area (Å²) >= 11 is 0.587. The third-order valence-corrected chi connectivity index (χ3v) is 4.14. The van der Waals surface area contributed by atoms with Gasteiger partial charge in [0.1, 0.15) is 0 Å². The second kappa shape index (κ2) is 6.80. The van der Waals surface area contributed by atoms with Crippen molar-refractivity contribution in [1.29, 1.82) is 0 Å². The molecule has 0 aliphatic heterocycles. The van der Waals surface area contributed by atoms with Crippen molar-refractivity contribution in [3.8, 4) is 11.5 Å². The zero-order valence-electron chi connectivity index (χ0n) is 11.9. The van der Waals surface area contributed by atoms with Gasteiger partial charge in [0.05, 0.1) is 0 Å². The summed E-state index contributed by atoms with van der Waals surface area (Å²) in [7, 11) is -3.33. The number of rotatable bonds is 5. The van der Waals surface area contributed by atoms with Gasteiger partial charge in [-0.15, -0.1) is 0 Å². The summed E-state index contributed by atoms with van der Waals surface area (Å²) in [4.78, 5) is 12.5. The third kappa shape index (κ3) is 4.08. The summed E-state index contributed by atoms with van der Waals surface area (Å²) in [6.07, 6.45) is 0. The van der Waals surface area contributed by atoms with Crippen molar-refractivity contribution in [2.75, 3.05) is 7.11 Å². The number of methoxy groups -OCH3 is 1. The Morgan fingerprint density at radius 1 is 1.14 bits per heavy atom. The molecule has 1 N–H and O–H groups in total. The average molecular weight is 330 g/mol. The Bertz CT molecular complexity index is 802. The van der Waals surface area contributed by atoms with Crippen LogP contribution >= 0.6 is 0 Å². The van der Waals surface area contributed by atoms with Gasteiger partial charge in [0, 0.05) is 0 Å². The van der Waals surface area contributed by atoms with Crippen LogP contribution < -0.4 is 11.7 Å². The molecule has 2 rings (SSSR count). The SMILES string of the molecule is COc1cc(OS(=O)(=O)O)c(C(=O)c2ccccc2)c[c]1[Na]. The quantitative estimate of drug-likeness (QED) is 0.498. The topological polar surface area (TPSA) is 89.9 Å². The van der Waals surface area contributed by atoms with Crippen molar-refractivity contribution in [2.24, 2.45) is 0 Å². The van der Waals surface area contributed by atoms with E-state index in [1.807, 2.05) is 0 Å². The Kier molecular flexibility index (Phi) is 5.25. The monoisotopic (exact) mass is 330 g/mol. The molecular weight excluding hydrogens is 319 g/mol. The van der Waals surface area contributed by atoms with Crippen LogP contribution in [-0.2, 0) is 10.4 Å². The summed E-state index contributed by atoms with van der Waals surface area (Å²) in [6.45, 7) is 0. The van der Waals surface area contributed by atoms with E-state index < -0.39 is 16.2 Å². The molecule has 2 aromatic rings. The van der Waals surface area contributed by atoms with Crippen LogP contribution in [0.15, 0.2) is 42.5 Å². The average Bonchev–Trinajstić information content (AvgIpc) is 2.47. The molecule has 0 bridgehead atoms. The molecule has 2 aromatic carbocycles. The Morgan fingerprint density at radius 3 is 2.32 bits per heavy atom. The molecule has 0 atom stereocenters. The Labute approximate surface area is 145 Å². The van der Waals surface area contributed by atoms with Gasteiger partial charge >= 0.3 is 146 Å². The molecule has 8 heteroatoms. The maximum absolute atomic E-state index is 12.5.